The highest BCUT2D eigenvalue weighted by Crippen LogP contribution is 2.51. The number of para-hydroxylation sites is 1. The Morgan fingerprint density at radius 2 is 1.69 bits per heavy atom. The van der Waals surface area contributed by atoms with Gasteiger partial charge in [-0.3, -0.25) is 9.69 Å². The predicted octanol–water partition coefficient (Wildman–Crippen LogP) is 5.15. The number of hydrogen-bond acceptors (Lipinski definition) is 6. The number of allylic oxidation sites excluding steroid dienone is 3. The van der Waals surface area contributed by atoms with E-state index in [1.54, 1.807) is 7.11 Å². The molecule has 0 saturated heterocycles. The molecule has 0 amide bonds. The number of rotatable bonds is 3. The van der Waals surface area contributed by atoms with E-state index >= 15 is 0 Å². The van der Waals surface area contributed by atoms with Gasteiger partial charge in [-0.05, 0) is 47.7 Å². The van der Waals surface area contributed by atoms with E-state index < -0.39 is 5.92 Å². The summed E-state index contributed by atoms with van der Waals surface area (Å²) in [4.78, 5) is 20.7. The fourth-order valence-electron chi connectivity index (χ4n) is 5.61. The summed E-state index contributed by atoms with van der Waals surface area (Å²) < 4.78 is 5.34. The minimum absolute atomic E-state index is 0.0364. The normalized spacial score (nSPS) is 20.7. The van der Waals surface area contributed by atoms with E-state index in [0.717, 1.165) is 28.1 Å². The van der Waals surface area contributed by atoms with Crippen molar-refractivity contribution >= 4 is 17.3 Å². The molecular formula is C30H24N4O2. The van der Waals surface area contributed by atoms with Crippen LogP contribution in [0.1, 0.15) is 41.4 Å². The monoisotopic (exact) mass is 472 g/mol. The maximum Gasteiger partial charge on any atom is 0.162 e. The van der Waals surface area contributed by atoms with Crippen LogP contribution in [0.2, 0.25) is 0 Å². The summed E-state index contributed by atoms with van der Waals surface area (Å²) in [6.45, 7) is 0. The highest BCUT2D eigenvalue weighted by Gasteiger charge is 2.45. The van der Waals surface area contributed by atoms with E-state index in [1.807, 2.05) is 71.6 Å². The molecular weight excluding hydrogens is 448 g/mol. The maximum absolute atomic E-state index is 13.9. The summed E-state index contributed by atoms with van der Waals surface area (Å²) in [5.41, 5.74) is 12.0. The Kier molecular flexibility index (Phi) is 5.19. The van der Waals surface area contributed by atoms with Gasteiger partial charge in [-0.2, -0.15) is 5.26 Å². The van der Waals surface area contributed by atoms with Crippen molar-refractivity contribution in [3.8, 4) is 11.8 Å². The van der Waals surface area contributed by atoms with E-state index in [9.17, 15) is 10.1 Å². The third kappa shape index (κ3) is 3.32. The molecule has 2 N–H and O–H groups in total. The first kappa shape index (κ1) is 21.9. The average molecular weight is 473 g/mol. The van der Waals surface area contributed by atoms with E-state index in [4.69, 9.17) is 15.5 Å². The van der Waals surface area contributed by atoms with Gasteiger partial charge in [0.05, 0.1) is 30.4 Å². The average Bonchev–Trinajstić information content (AvgIpc) is 2.92. The fourth-order valence-corrected chi connectivity index (χ4v) is 5.61. The molecule has 1 aliphatic carbocycles. The molecule has 6 rings (SSSR count). The number of methoxy groups -OCH3 is 1. The van der Waals surface area contributed by atoms with Crippen molar-refractivity contribution in [2.24, 2.45) is 10.7 Å². The van der Waals surface area contributed by atoms with E-state index in [-0.39, 0.29) is 11.7 Å². The van der Waals surface area contributed by atoms with Crippen molar-refractivity contribution in [2.75, 3.05) is 12.0 Å². The zero-order valence-electron chi connectivity index (χ0n) is 19.8. The van der Waals surface area contributed by atoms with Gasteiger partial charge in [0, 0.05) is 23.3 Å². The predicted molar refractivity (Wildman–Crippen MR) is 138 cm³/mol. The molecule has 0 bridgehead atoms. The fraction of sp³-hybridized carbons (Fsp3) is 0.167. The van der Waals surface area contributed by atoms with Gasteiger partial charge in [0.1, 0.15) is 11.6 Å². The molecule has 6 nitrogen and oxygen atoms in total. The summed E-state index contributed by atoms with van der Waals surface area (Å²) >= 11 is 0. The Labute approximate surface area is 209 Å². The smallest absolute Gasteiger partial charge is 0.162 e. The zero-order chi connectivity index (χ0) is 24.8. The number of ketones is 1. The molecule has 0 saturated carbocycles. The first-order valence-electron chi connectivity index (χ1n) is 11.9. The number of anilines is 1. The minimum atomic E-state index is -0.520. The van der Waals surface area contributed by atoms with E-state index in [2.05, 4.69) is 18.2 Å². The highest BCUT2D eigenvalue weighted by atomic mass is 16.5. The molecule has 6 heteroatoms. The van der Waals surface area contributed by atoms with Crippen molar-refractivity contribution in [3.63, 3.8) is 0 Å². The summed E-state index contributed by atoms with van der Waals surface area (Å²) in [6, 6.07) is 27.8. The molecule has 0 fully saturated rings. The topological polar surface area (TPSA) is 91.7 Å². The minimum Gasteiger partial charge on any atom is -0.497 e. The van der Waals surface area contributed by atoms with Crippen molar-refractivity contribution in [1.82, 2.24) is 0 Å². The van der Waals surface area contributed by atoms with Gasteiger partial charge in [-0.1, -0.05) is 54.6 Å². The number of Topliss-reactive ketones (excluding diaryl/α,β-unsaturated/α-hetero) is 1. The Morgan fingerprint density at radius 3 is 2.42 bits per heavy atom. The molecule has 2 heterocycles. The number of nitrogens with two attached hydrogens (primary N) is 1. The number of nitrogens with zero attached hydrogens (tertiary/aromatic N) is 3. The Morgan fingerprint density at radius 1 is 0.972 bits per heavy atom. The molecule has 0 spiro atoms. The van der Waals surface area contributed by atoms with Crippen molar-refractivity contribution in [3.05, 3.63) is 118 Å². The first-order valence-corrected chi connectivity index (χ1v) is 11.9. The number of carbonyl (C=O) groups excluding carboxylic acids is 1. The van der Waals surface area contributed by atoms with Crippen LogP contribution < -0.4 is 15.4 Å². The van der Waals surface area contributed by atoms with Gasteiger partial charge in [0.15, 0.2) is 11.6 Å². The van der Waals surface area contributed by atoms with Crippen molar-refractivity contribution in [1.29, 1.82) is 5.26 Å². The van der Waals surface area contributed by atoms with Crippen LogP contribution in [0.25, 0.3) is 0 Å². The number of benzene rings is 3. The van der Waals surface area contributed by atoms with Gasteiger partial charge in [-0.25, -0.2) is 4.99 Å². The van der Waals surface area contributed by atoms with Crippen LogP contribution in [0.5, 0.6) is 5.75 Å². The van der Waals surface area contributed by atoms with E-state index in [1.165, 1.54) is 0 Å². The molecule has 3 aliphatic rings. The van der Waals surface area contributed by atoms with Gasteiger partial charge in [-0.15, -0.1) is 0 Å². The molecule has 0 aromatic heterocycles. The van der Waals surface area contributed by atoms with Crippen LogP contribution >= 0.6 is 0 Å². The molecule has 0 unspecified atom stereocenters. The summed E-state index contributed by atoms with van der Waals surface area (Å²) in [7, 11) is 1.61. The number of fused-ring (bicyclic) bond motifs is 4. The number of ether oxygens (including phenoxy) is 1. The lowest BCUT2D eigenvalue weighted by atomic mass is 9.71. The van der Waals surface area contributed by atoms with Crippen molar-refractivity contribution < 1.29 is 9.53 Å². The summed E-state index contributed by atoms with van der Waals surface area (Å²) in [5.74, 6) is 1.14. The molecule has 3 aromatic rings. The highest BCUT2D eigenvalue weighted by molar-refractivity contribution is 6.08. The Balaban J connectivity index is 1.60. The molecule has 2 atom stereocenters. The lowest BCUT2D eigenvalue weighted by Gasteiger charge is -2.43. The van der Waals surface area contributed by atoms with Gasteiger partial charge < -0.3 is 10.5 Å². The number of carbonyl (C=O) groups is 1. The molecule has 2 aliphatic heterocycles. The van der Waals surface area contributed by atoms with Gasteiger partial charge in [0.25, 0.3) is 0 Å². The van der Waals surface area contributed by atoms with Crippen LogP contribution in [-0.4, -0.2) is 18.7 Å². The van der Waals surface area contributed by atoms with Crippen LogP contribution in [0.3, 0.4) is 0 Å². The lowest BCUT2D eigenvalue weighted by molar-refractivity contribution is -0.116. The van der Waals surface area contributed by atoms with E-state index in [0.29, 0.717) is 41.4 Å². The van der Waals surface area contributed by atoms with Crippen LogP contribution in [0.15, 0.2) is 107 Å². The SMILES string of the molecule is COc1ccc([C@@H]2C(C#N)=C3N=C(N)c4ccccc4N3C3=C2C(=O)C[C@@H](c2ccccc2)C3)cc1. The number of amidine groups is 1. The Hall–Kier alpha value is -4.63. The van der Waals surface area contributed by atoms with Gasteiger partial charge >= 0.3 is 0 Å². The van der Waals surface area contributed by atoms with Gasteiger partial charge in [0.2, 0.25) is 0 Å². The third-order valence-corrected chi connectivity index (χ3v) is 7.27. The second kappa shape index (κ2) is 8.54. The zero-order valence-corrected chi connectivity index (χ0v) is 19.8. The van der Waals surface area contributed by atoms with Crippen molar-refractivity contribution in [2.45, 2.75) is 24.7 Å². The largest absolute Gasteiger partial charge is 0.497 e. The Bertz CT molecular complexity index is 1510. The molecule has 36 heavy (non-hydrogen) atoms. The van der Waals surface area contributed by atoms with Crippen LogP contribution in [-0.2, 0) is 4.79 Å². The summed E-state index contributed by atoms with van der Waals surface area (Å²) in [6.07, 6.45) is 1.05. The van der Waals surface area contributed by atoms with Crippen LogP contribution in [0.4, 0.5) is 5.69 Å². The quantitative estimate of drug-likeness (QED) is 0.569. The third-order valence-electron chi connectivity index (χ3n) is 7.27. The van der Waals surface area contributed by atoms with Crippen LogP contribution in [0, 0.1) is 11.3 Å². The molecule has 0 radical (unpaired) electrons. The second-order valence-corrected chi connectivity index (χ2v) is 9.20. The first-order chi connectivity index (χ1) is 17.6. The molecule has 3 aromatic carbocycles. The number of aliphatic imine (C=N–C) groups is 1. The summed E-state index contributed by atoms with van der Waals surface area (Å²) in [5, 5.41) is 10.4. The second-order valence-electron chi connectivity index (χ2n) is 9.20. The standard InChI is InChI=1S/C30H24N4O2/c1-36-21-13-11-19(12-14-21)27-23(17-31)30-33-29(32)22-9-5-6-10-24(22)34(30)25-15-20(16-26(35)28(25)27)18-7-3-2-4-8-18/h2-14,20,27H,15-16H2,1H3,(H2,32,33)/t20-,27+/m0/s1. The maximum atomic E-state index is 13.9. The molecule has 176 valence electrons. The number of hydrogen-bond donors (Lipinski definition) is 1. The number of nitriles is 1. The lowest BCUT2D eigenvalue weighted by Crippen LogP contribution is -2.40.